The number of nitrogens with zero attached hydrogens (tertiary/aromatic N) is 2. The highest BCUT2D eigenvalue weighted by Gasteiger charge is 1.97. The third kappa shape index (κ3) is 2.07. The van der Waals surface area contributed by atoms with Crippen LogP contribution < -0.4 is 4.74 Å². The monoisotopic (exact) mass is 186 g/mol. The van der Waals surface area contributed by atoms with Crippen LogP contribution in [0.5, 0.6) is 11.8 Å². The Morgan fingerprint density at radius 1 is 1.00 bits per heavy atom. The summed E-state index contributed by atoms with van der Waals surface area (Å²) < 4.78 is 5.44. The normalized spacial score (nSPS) is 9.79. The number of ether oxygens (including phenoxy) is 1. The maximum Gasteiger partial charge on any atom is 0.221 e. The highest BCUT2D eigenvalue weighted by atomic mass is 16.5. The lowest BCUT2D eigenvalue weighted by Crippen LogP contribution is -1.90. The second-order valence-corrected chi connectivity index (χ2v) is 2.89. The van der Waals surface area contributed by atoms with Crippen LogP contribution in [0.1, 0.15) is 5.69 Å². The molecule has 0 aliphatic rings. The Kier molecular flexibility index (Phi) is 2.40. The summed E-state index contributed by atoms with van der Waals surface area (Å²) in [5.74, 6) is 1.13. The summed E-state index contributed by atoms with van der Waals surface area (Å²) >= 11 is 0. The molecule has 0 unspecified atom stereocenters. The van der Waals surface area contributed by atoms with Crippen molar-refractivity contribution >= 4 is 0 Å². The average molecular weight is 186 g/mol. The van der Waals surface area contributed by atoms with Crippen molar-refractivity contribution in [3.05, 3.63) is 48.3 Å². The number of pyridine rings is 2. The molecule has 0 aliphatic heterocycles. The van der Waals surface area contributed by atoms with Crippen molar-refractivity contribution in [3.8, 4) is 11.8 Å². The first-order valence-corrected chi connectivity index (χ1v) is 4.37. The van der Waals surface area contributed by atoms with Gasteiger partial charge in [-0.25, -0.2) is 9.97 Å². The van der Waals surface area contributed by atoms with E-state index in [1.807, 2.05) is 37.3 Å². The van der Waals surface area contributed by atoms with Crippen molar-refractivity contribution in [2.24, 2.45) is 0 Å². The van der Waals surface area contributed by atoms with E-state index in [2.05, 4.69) is 9.97 Å². The van der Waals surface area contributed by atoms with Gasteiger partial charge in [-0.2, -0.15) is 0 Å². The minimum Gasteiger partial charge on any atom is -0.421 e. The van der Waals surface area contributed by atoms with E-state index in [1.54, 1.807) is 12.3 Å². The summed E-state index contributed by atoms with van der Waals surface area (Å²) in [4.78, 5) is 8.25. The molecule has 0 bridgehead atoms. The average Bonchev–Trinajstić information content (AvgIpc) is 2.19. The van der Waals surface area contributed by atoms with Crippen LogP contribution in [0.3, 0.4) is 0 Å². The van der Waals surface area contributed by atoms with Crippen LogP contribution in [0.25, 0.3) is 0 Å². The zero-order chi connectivity index (χ0) is 9.80. The van der Waals surface area contributed by atoms with E-state index in [-0.39, 0.29) is 0 Å². The van der Waals surface area contributed by atoms with Gasteiger partial charge in [0.2, 0.25) is 11.8 Å². The molecule has 0 saturated heterocycles. The lowest BCUT2D eigenvalue weighted by molar-refractivity contribution is 0.443. The fourth-order valence-corrected chi connectivity index (χ4v) is 1.09. The van der Waals surface area contributed by atoms with Gasteiger partial charge in [0.15, 0.2) is 0 Å². The third-order valence-corrected chi connectivity index (χ3v) is 1.71. The van der Waals surface area contributed by atoms with Crippen LogP contribution >= 0.6 is 0 Å². The van der Waals surface area contributed by atoms with Crippen LogP contribution in [0.2, 0.25) is 0 Å². The zero-order valence-electron chi connectivity index (χ0n) is 7.84. The summed E-state index contributed by atoms with van der Waals surface area (Å²) in [7, 11) is 0. The number of rotatable bonds is 2. The minimum atomic E-state index is 0.561. The highest BCUT2D eigenvalue weighted by molar-refractivity contribution is 5.21. The summed E-state index contributed by atoms with van der Waals surface area (Å²) in [6.07, 6.45) is 1.69. The van der Waals surface area contributed by atoms with Crippen molar-refractivity contribution in [3.63, 3.8) is 0 Å². The molecule has 0 aromatic carbocycles. The van der Waals surface area contributed by atoms with Crippen LogP contribution in [0, 0.1) is 6.92 Å². The summed E-state index contributed by atoms with van der Waals surface area (Å²) in [5, 5.41) is 0. The predicted molar refractivity (Wildman–Crippen MR) is 53.3 cm³/mol. The number of hydrogen-bond acceptors (Lipinski definition) is 3. The van der Waals surface area contributed by atoms with Gasteiger partial charge in [0.05, 0.1) is 0 Å². The smallest absolute Gasteiger partial charge is 0.221 e. The summed E-state index contributed by atoms with van der Waals surface area (Å²) in [6, 6.07) is 11.1. The molecule has 2 rings (SSSR count). The summed E-state index contributed by atoms with van der Waals surface area (Å²) in [5.41, 5.74) is 0.929. The molecule has 0 atom stereocenters. The van der Waals surface area contributed by atoms with Crippen LogP contribution in [-0.2, 0) is 0 Å². The van der Waals surface area contributed by atoms with E-state index in [4.69, 9.17) is 4.74 Å². The largest absolute Gasteiger partial charge is 0.421 e. The molecule has 2 aromatic heterocycles. The Hall–Kier alpha value is -1.90. The Balaban J connectivity index is 2.19. The van der Waals surface area contributed by atoms with Crippen molar-refractivity contribution in [2.45, 2.75) is 6.92 Å². The van der Waals surface area contributed by atoms with Gasteiger partial charge in [0, 0.05) is 24.0 Å². The quantitative estimate of drug-likeness (QED) is 0.723. The van der Waals surface area contributed by atoms with Gasteiger partial charge in [-0.05, 0) is 19.1 Å². The minimum absolute atomic E-state index is 0.561. The molecule has 2 heterocycles. The molecule has 3 heteroatoms. The molecule has 14 heavy (non-hydrogen) atoms. The molecule has 0 amide bonds. The van der Waals surface area contributed by atoms with Gasteiger partial charge >= 0.3 is 0 Å². The molecule has 2 aromatic rings. The van der Waals surface area contributed by atoms with E-state index in [1.165, 1.54) is 0 Å². The van der Waals surface area contributed by atoms with Crippen LogP contribution in [0.15, 0.2) is 42.6 Å². The second kappa shape index (κ2) is 3.87. The summed E-state index contributed by atoms with van der Waals surface area (Å²) in [6.45, 7) is 1.92. The van der Waals surface area contributed by atoms with E-state index >= 15 is 0 Å². The zero-order valence-corrected chi connectivity index (χ0v) is 7.84. The molecule has 0 fully saturated rings. The predicted octanol–water partition coefficient (Wildman–Crippen LogP) is 2.58. The fourth-order valence-electron chi connectivity index (χ4n) is 1.09. The van der Waals surface area contributed by atoms with Crippen molar-refractivity contribution in [1.29, 1.82) is 0 Å². The van der Waals surface area contributed by atoms with E-state index in [0.29, 0.717) is 11.8 Å². The van der Waals surface area contributed by atoms with Gasteiger partial charge in [-0.1, -0.05) is 12.1 Å². The Bertz CT molecular complexity index is 415. The topological polar surface area (TPSA) is 35.0 Å². The number of aryl methyl sites for hydroxylation is 1. The first-order valence-electron chi connectivity index (χ1n) is 4.37. The first-order chi connectivity index (χ1) is 6.84. The van der Waals surface area contributed by atoms with Gasteiger partial charge in [0.25, 0.3) is 0 Å². The molecule has 0 spiro atoms. The van der Waals surface area contributed by atoms with Crippen molar-refractivity contribution < 1.29 is 4.74 Å². The number of aromatic nitrogens is 2. The molecule has 0 aliphatic carbocycles. The van der Waals surface area contributed by atoms with Crippen LogP contribution in [0.4, 0.5) is 0 Å². The number of hydrogen-bond donors (Lipinski definition) is 0. The highest BCUT2D eigenvalue weighted by Crippen LogP contribution is 2.15. The molecule has 70 valence electrons. The van der Waals surface area contributed by atoms with E-state index in [0.717, 1.165) is 5.69 Å². The Morgan fingerprint density at radius 2 is 1.86 bits per heavy atom. The lowest BCUT2D eigenvalue weighted by Gasteiger charge is -2.02. The second-order valence-electron chi connectivity index (χ2n) is 2.89. The van der Waals surface area contributed by atoms with E-state index in [9.17, 15) is 0 Å². The molecular formula is C11H10N2O. The van der Waals surface area contributed by atoms with Gasteiger partial charge in [0.1, 0.15) is 0 Å². The fraction of sp³-hybridized carbons (Fsp3) is 0.0909. The standard InChI is InChI=1S/C11H10N2O/c1-9-5-4-7-11(13-9)14-10-6-2-3-8-12-10/h2-8H,1H3. The molecule has 3 nitrogen and oxygen atoms in total. The van der Waals surface area contributed by atoms with E-state index < -0.39 is 0 Å². The SMILES string of the molecule is Cc1cccc(Oc2ccccn2)n1. The third-order valence-electron chi connectivity index (χ3n) is 1.71. The van der Waals surface area contributed by atoms with Crippen molar-refractivity contribution in [1.82, 2.24) is 9.97 Å². The molecular weight excluding hydrogens is 176 g/mol. The van der Waals surface area contributed by atoms with Gasteiger partial charge in [-0.3, -0.25) is 0 Å². The van der Waals surface area contributed by atoms with Gasteiger partial charge in [-0.15, -0.1) is 0 Å². The molecule has 0 N–H and O–H groups in total. The maximum atomic E-state index is 5.44. The molecule has 0 saturated carbocycles. The lowest BCUT2D eigenvalue weighted by atomic mass is 10.4. The van der Waals surface area contributed by atoms with Crippen molar-refractivity contribution in [2.75, 3.05) is 0 Å². The maximum absolute atomic E-state index is 5.44. The van der Waals surface area contributed by atoms with Crippen LogP contribution in [-0.4, -0.2) is 9.97 Å². The Labute approximate surface area is 82.4 Å². The first kappa shape index (κ1) is 8.69. The van der Waals surface area contributed by atoms with Gasteiger partial charge < -0.3 is 4.74 Å². The Morgan fingerprint density at radius 3 is 2.57 bits per heavy atom. The molecule has 0 radical (unpaired) electrons.